The number of piperidine rings is 1. The van der Waals surface area contributed by atoms with Crippen LogP contribution in [0.4, 0.5) is 10.2 Å². The number of aromatic nitrogens is 4. The molecule has 0 aliphatic carbocycles. The van der Waals surface area contributed by atoms with Crippen molar-refractivity contribution < 1.29 is 9.18 Å². The first-order valence-corrected chi connectivity index (χ1v) is 9.71. The van der Waals surface area contributed by atoms with Crippen LogP contribution in [0.3, 0.4) is 0 Å². The molecule has 0 bridgehead atoms. The SMILES string of the molecule is Cc1nccn1-c1ccc(N2CCC[C@H](C(=O)NCc3ccc(F)cc3)C2)nn1. The van der Waals surface area contributed by atoms with Crippen molar-refractivity contribution in [3.63, 3.8) is 0 Å². The largest absolute Gasteiger partial charge is 0.354 e. The van der Waals surface area contributed by atoms with Crippen LogP contribution in [0.1, 0.15) is 24.2 Å². The lowest BCUT2D eigenvalue weighted by Crippen LogP contribution is -2.43. The van der Waals surface area contributed by atoms with Gasteiger partial charge in [-0.15, -0.1) is 10.2 Å². The van der Waals surface area contributed by atoms with Crippen molar-refractivity contribution in [1.82, 2.24) is 25.1 Å². The molecule has 3 aromatic rings. The molecule has 150 valence electrons. The third-order valence-corrected chi connectivity index (χ3v) is 5.21. The van der Waals surface area contributed by atoms with E-state index in [-0.39, 0.29) is 17.6 Å². The van der Waals surface area contributed by atoms with Gasteiger partial charge in [0.15, 0.2) is 11.6 Å². The number of carbonyl (C=O) groups is 1. The highest BCUT2D eigenvalue weighted by Crippen LogP contribution is 2.22. The second-order valence-electron chi connectivity index (χ2n) is 7.22. The van der Waals surface area contributed by atoms with Crippen LogP contribution in [-0.4, -0.2) is 38.7 Å². The molecule has 1 aromatic carbocycles. The van der Waals surface area contributed by atoms with Crippen LogP contribution in [0.5, 0.6) is 0 Å². The zero-order valence-corrected chi connectivity index (χ0v) is 16.3. The van der Waals surface area contributed by atoms with Gasteiger partial charge < -0.3 is 10.2 Å². The van der Waals surface area contributed by atoms with Gasteiger partial charge in [0, 0.05) is 32.0 Å². The molecule has 3 heterocycles. The lowest BCUT2D eigenvalue weighted by atomic mass is 9.97. The number of imidazole rings is 1. The fourth-order valence-corrected chi connectivity index (χ4v) is 3.57. The maximum Gasteiger partial charge on any atom is 0.225 e. The van der Waals surface area contributed by atoms with Crippen molar-refractivity contribution in [3.05, 3.63) is 66.0 Å². The van der Waals surface area contributed by atoms with E-state index in [4.69, 9.17) is 0 Å². The summed E-state index contributed by atoms with van der Waals surface area (Å²) in [6, 6.07) is 10.0. The zero-order valence-electron chi connectivity index (χ0n) is 16.3. The average molecular weight is 394 g/mol. The van der Waals surface area contributed by atoms with Gasteiger partial charge in [-0.05, 0) is 49.6 Å². The van der Waals surface area contributed by atoms with Crippen LogP contribution < -0.4 is 10.2 Å². The first kappa shape index (κ1) is 19.0. The molecule has 1 amide bonds. The first-order valence-electron chi connectivity index (χ1n) is 9.71. The molecule has 1 aliphatic rings. The molecule has 0 spiro atoms. The summed E-state index contributed by atoms with van der Waals surface area (Å²) < 4.78 is 14.9. The lowest BCUT2D eigenvalue weighted by Gasteiger charge is -2.32. The van der Waals surface area contributed by atoms with Gasteiger partial charge in [-0.2, -0.15) is 0 Å². The molecule has 0 saturated carbocycles. The van der Waals surface area contributed by atoms with Crippen molar-refractivity contribution in [2.24, 2.45) is 5.92 Å². The maximum absolute atomic E-state index is 13.0. The number of benzene rings is 1. The summed E-state index contributed by atoms with van der Waals surface area (Å²) in [7, 11) is 0. The average Bonchev–Trinajstić information content (AvgIpc) is 3.19. The van der Waals surface area contributed by atoms with Crippen molar-refractivity contribution >= 4 is 11.7 Å². The van der Waals surface area contributed by atoms with Crippen molar-refractivity contribution in [1.29, 1.82) is 0 Å². The Bertz CT molecular complexity index is 970. The van der Waals surface area contributed by atoms with Crippen LogP contribution in [0, 0.1) is 18.7 Å². The van der Waals surface area contributed by atoms with E-state index in [2.05, 4.69) is 25.4 Å². The third-order valence-electron chi connectivity index (χ3n) is 5.21. The van der Waals surface area contributed by atoms with E-state index in [0.717, 1.165) is 36.6 Å². The van der Waals surface area contributed by atoms with E-state index in [9.17, 15) is 9.18 Å². The molecule has 7 nitrogen and oxygen atoms in total. The number of anilines is 1. The number of halogens is 1. The van der Waals surface area contributed by atoms with E-state index in [1.54, 1.807) is 18.3 Å². The topological polar surface area (TPSA) is 75.9 Å². The Kier molecular flexibility index (Phi) is 5.50. The van der Waals surface area contributed by atoms with Gasteiger partial charge in [-0.3, -0.25) is 9.36 Å². The van der Waals surface area contributed by atoms with Gasteiger partial charge in [0.05, 0.1) is 5.92 Å². The fraction of sp³-hybridized carbons (Fsp3) is 0.333. The number of hydrogen-bond donors (Lipinski definition) is 1. The molecule has 1 N–H and O–H groups in total. The Balaban J connectivity index is 1.37. The highest BCUT2D eigenvalue weighted by molar-refractivity contribution is 5.79. The molecule has 1 fully saturated rings. The molecule has 1 saturated heterocycles. The van der Waals surface area contributed by atoms with Gasteiger partial charge in [0.2, 0.25) is 5.91 Å². The van der Waals surface area contributed by atoms with Gasteiger partial charge in [-0.25, -0.2) is 9.37 Å². The summed E-state index contributed by atoms with van der Waals surface area (Å²) in [6.07, 6.45) is 5.33. The Morgan fingerprint density at radius 2 is 1.93 bits per heavy atom. The molecule has 4 rings (SSSR count). The van der Waals surface area contributed by atoms with E-state index in [0.29, 0.717) is 18.9 Å². The van der Waals surface area contributed by atoms with Gasteiger partial charge in [-0.1, -0.05) is 12.1 Å². The Labute approximate surface area is 168 Å². The maximum atomic E-state index is 13.0. The van der Waals surface area contributed by atoms with Gasteiger partial charge in [0.25, 0.3) is 0 Å². The number of rotatable bonds is 5. The van der Waals surface area contributed by atoms with E-state index < -0.39 is 0 Å². The fourth-order valence-electron chi connectivity index (χ4n) is 3.57. The normalized spacial score (nSPS) is 16.6. The Hall–Kier alpha value is -3.29. The Morgan fingerprint density at radius 1 is 1.17 bits per heavy atom. The standard InChI is InChI=1S/C21H23FN6O/c1-15-23-10-12-28(15)20-9-8-19(25-26-20)27-11-2-3-17(14-27)21(29)24-13-16-4-6-18(22)7-5-16/h4-10,12,17H,2-3,11,13-14H2,1H3,(H,24,29)/t17-/m0/s1. The van der Waals surface area contributed by atoms with Crippen molar-refractivity contribution in [2.45, 2.75) is 26.3 Å². The second kappa shape index (κ2) is 8.38. The highest BCUT2D eigenvalue weighted by Gasteiger charge is 2.26. The molecular weight excluding hydrogens is 371 g/mol. The van der Waals surface area contributed by atoms with E-state index >= 15 is 0 Å². The molecule has 29 heavy (non-hydrogen) atoms. The van der Waals surface area contributed by atoms with Crippen LogP contribution >= 0.6 is 0 Å². The van der Waals surface area contributed by atoms with Crippen LogP contribution in [0.25, 0.3) is 5.82 Å². The monoisotopic (exact) mass is 394 g/mol. The molecule has 2 aromatic heterocycles. The number of nitrogens with zero attached hydrogens (tertiary/aromatic N) is 5. The Morgan fingerprint density at radius 3 is 2.62 bits per heavy atom. The zero-order chi connectivity index (χ0) is 20.2. The van der Waals surface area contributed by atoms with Gasteiger partial charge in [0.1, 0.15) is 11.6 Å². The predicted molar refractivity (Wildman–Crippen MR) is 107 cm³/mol. The van der Waals surface area contributed by atoms with Gasteiger partial charge >= 0.3 is 0 Å². The number of hydrogen-bond acceptors (Lipinski definition) is 5. The van der Waals surface area contributed by atoms with E-state index in [1.807, 2.05) is 29.8 Å². The minimum absolute atomic E-state index is 0.0117. The summed E-state index contributed by atoms with van der Waals surface area (Å²) >= 11 is 0. The first-order chi connectivity index (χ1) is 14.1. The minimum Gasteiger partial charge on any atom is -0.354 e. The summed E-state index contributed by atoms with van der Waals surface area (Å²) in [5, 5.41) is 11.6. The predicted octanol–water partition coefficient (Wildman–Crippen LogP) is 2.64. The third kappa shape index (κ3) is 4.42. The van der Waals surface area contributed by atoms with Crippen molar-refractivity contribution in [2.75, 3.05) is 18.0 Å². The molecule has 0 unspecified atom stereocenters. The number of amides is 1. The lowest BCUT2D eigenvalue weighted by molar-refractivity contribution is -0.125. The summed E-state index contributed by atoms with van der Waals surface area (Å²) in [6.45, 7) is 3.76. The van der Waals surface area contributed by atoms with Crippen LogP contribution in [0.2, 0.25) is 0 Å². The number of aryl methyl sites for hydroxylation is 1. The second-order valence-corrected chi connectivity index (χ2v) is 7.22. The number of nitrogens with one attached hydrogen (secondary N) is 1. The summed E-state index contributed by atoms with van der Waals surface area (Å²) in [5.74, 6) is 1.96. The molecule has 1 aliphatic heterocycles. The number of carbonyl (C=O) groups excluding carboxylic acids is 1. The quantitative estimate of drug-likeness (QED) is 0.720. The molecular formula is C21H23FN6O. The minimum atomic E-state index is -0.279. The van der Waals surface area contributed by atoms with E-state index in [1.165, 1.54) is 12.1 Å². The molecule has 1 atom stereocenters. The summed E-state index contributed by atoms with van der Waals surface area (Å²) in [4.78, 5) is 18.9. The van der Waals surface area contributed by atoms with Crippen LogP contribution in [0.15, 0.2) is 48.8 Å². The highest BCUT2D eigenvalue weighted by atomic mass is 19.1. The summed E-state index contributed by atoms with van der Waals surface area (Å²) in [5.41, 5.74) is 0.878. The van der Waals surface area contributed by atoms with Crippen LogP contribution in [-0.2, 0) is 11.3 Å². The molecule has 0 radical (unpaired) electrons. The molecule has 8 heteroatoms. The van der Waals surface area contributed by atoms with Crippen molar-refractivity contribution in [3.8, 4) is 5.82 Å². The smallest absolute Gasteiger partial charge is 0.225 e.